The van der Waals surface area contributed by atoms with E-state index in [-0.39, 0.29) is 13.2 Å². The molecule has 0 aliphatic heterocycles. The zero-order valence-electron chi connectivity index (χ0n) is 10.5. The number of anilines is 1. The largest absolute Gasteiger partial charge is 0.495 e. The van der Waals surface area contributed by atoms with Crippen LogP contribution in [0.3, 0.4) is 0 Å². The van der Waals surface area contributed by atoms with Crippen LogP contribution in [-0.2, 0) is 0 Å². The molecule has 0 spiro atoms. The highest BCUT2D eigenvalue weighted by Crippen LogP contribution is 2.26. The quantitative estimate of drug-likeness (QED) is 0.682. The summed E-state index contributed by atoms with van der Waals surface area (Å²) in [6, 6.07) is 5.53. The average Bonchev–Trinajstić information content (AvgIpc) is 2.98. The lowest BCUT2D eigenvalue weighted by molar-refractivity contribution is 0.105. The van der Waals surface area contributed by atoms with Crippen molar-refractivity contribution in [1.82, 2.24) is 14.8 Å². The Morgan fingerprint density at radius 2 is 2.11 bits per heavy atom. The van der Waals surface area contributed by atoms with Crippen LogP contribution in [0.5, 0.6) is 5.75 Å². The lowest BCUT2D eigenvalue weighted by atomic mass is 10.2. The summed E-state index contributed by atoms with van der Waals surface area (Å²) >= 11 is 0. The van der Waals surface area contributed by atoms with Crippen LogP contribution >= 0.6 is 0 Å². The van der Waals surface area contributed by atoms with Gasteiger partial charge in [0, 0.05) is 6.54 Å². The highest BCUT2D eigenvalue weighted by atomic mass is 16.5. The normalized spacial score (nSPS) is 12.2. The summed E-state index contributed by atoms with van der Waals surface area (Å²) in [6.07, 6.45) is 2.37. The highest BCUT2D eigenvalue weighted by molar-refractivity contribution is 5.61. The second kappa shape index (κ2) is 6.17. The molecule has 7 nitrogen and oxygen atoms in total. The number of rotatable bonds is 6. The van der Waals surface area contributed by atoms with E-state index < -0.39 is 6.10 Å². The number of aliphatic hydroxyl groups is 2. The smallest absolute Gasteiger partial charge is 0.142 e. The minimum atomic E-state index is -0.816. The number of methoxy groups -OCH3 is 1. The zero-order valence-corrected chi connectivity index (χ0v) is 10.5. The molecule has 1 unspecified atom stereocenters. The molecule has 102 valence electrons. The fourth-order valence-electron chi connectivity index (χ4n) is 1.62. The Balaban J connectivity index is 2.21. The first kappa shape index (κ1) is 13.3. The number of hydrogen-bond acceptors (Lipinski definition) is 6. The van der Waals surface area contributed by atoms with Crippen LogP contribution in [0.2, 0.25) is 0 Å². The number of aromatic nitrogens is 3. The summed E-state index contributed by atoms with van der Waals surface area (Å²) in [5.41, 5.74) is 1.59. The third-order valence-corrected chi connectivity index (χ3v) is 2.64. The van der Waals surface area contributed by atoms with E-state index in [9.17, 15) is 5.11 Å². The van der Waals surface area contributed by atoms with Gasteiger partial charge in [-0.2, -0.15) is 0 Å². The Morgan fingerprint density at radius 3 is 2.74 bits per heavy atom. The van der Waals surface area contributed by atoms with Crippen LogP contribution in [-0.4, -0.2) is 51.3 Å². The minimum absolute atomic E-state index is 0.235. The van der Waals surface area contributed by atoms with Gasteiger partial charge in [-0.25, -0.2) is 0 Å². The molecule has 0 aliphatic carbocycles. The first-order chi connectivity index (χ1) is 9.24. The summed E-state index contributed by atoms with van der Waals surface area (Å²) in [6.45, 7) is -0.0566. The topological polar surface area (TPSA) is 92.4 Å². The van der Waals surface area contributed by atoms with Gasteiger partial charge in [-0.15, -0.1) is 10.2 Å². The first-order valence-corrected chi connectivity index (χ1v) is 5.80. The van der Waals surface area contributed by atoms with Crippen LogP contribution in [0.4, 0.5) is 5.69 Å². The van der Waals surface area contributed by atoms with Gasteiger partial charge in [-0.05, 0) is 18.2 Å². The zero-order chi connectivity index (χ0) is 13.7. The maximum Gasteiger partial charge on any atom is 0.142 e. The summed E-state index contributed by atoms with van der Waals surface area (Å²) in [5, 5.41) is 28.7. The van der Waals surface area contributed by atoms with E-state index in [2.05, 4.69) is 15.5 Å². The molecule has 0 amide bonds. The summed E-state index contributed by atoms with van der Waals surface area (Å²) in [4.78, 5) is 0. The molecule has 2 aromatic rings. The van der Waals surface area contributed by atoms with Gasteiger partial charge in [-0.3, -0.25) is 4.57 Å². The van der Waals surface area contributed by atoms with Gasteiger partial charge in [0.1, 0.15) is 18.4 Å². The molecule has 0 saturated heterocycles. The van der Waals surface area contributed by atoms with Crippen molar-refractivity contribution in [2.24, 2.45) is 0 Å². The van der Waals surface area contributed by atoms with Gasteiger partial charge in [-0.1, -0.05) is 0 Å². The van der Waals surface area contributed by atoms with Crippen LogP contribution in [0.25, 0.3) is 5.69 Å². The molecule has 3 N–H and O–H groups in total. The molecule has 0 fully saturated rings. The predicted octanol–water partition coefficient (Wildman–Crippen LogP) is 0.0410. The van der Waals surface area contributed by atoms with E-state index in [4.69, 9.17) is 9.84 Å². The number of benzene rings is 1. The number of nitrogens with one attached hydrogen (secondary N) is 1. The van der Waals surface area contributed by atoms with Crippen molar-refractivity contribution in [2.45, 2.75) is 6.10 Å². The van der Waals surface area contributed by atoms with Crippen molar-refractivity contribution in [3.8, 4) is 11.4 Å². The standard InChI is InChI=1S/C12H16N4O3/c1-19-12-3-2-9(16-7-14-15-8-16)4-11(12)13-5-10(18)6-17/h2-4,7-8,10,13,17-18H,5-6H2,1H3. The third kappa shape index (κ3) is 3.21. The van der Waals surface area contributed by atoms with E-state index in [1.165, 1.54) is 0 Å². The minimum Gasteiger partial charge on any atom is -0.495 e. The van der Waals surface area contributed by atoms with E-state index in [0.717, 1.165) is 11.4 Å². The van der Waals surface area contributed by atoms with Crippen molar-refractivity contribution in [3.63, 3.8) is 0 Å². The fourth-order valence-corrected chi connectivity index (χ4v) is 1.62. The second-order valence-corrected chi connectivity index (χ2v) is 3.97. The molecule has 2 rings (SSSR count). The fraction of sp³-hybridized carbons (Fsp3) is 0.333. The summed E-state index contributed by atoms with van der Waals surface area (Å²) in [5.74, 6) is 0.655. The van der Waals surface area contributed by atoms with E-state index >= 15 is 0 Å². The Labute approximate surface area is 110 Å². The second-order valence-electron chi connectivity index (χ2n) is 3.97. The van der Waals surface area contributed by atoms with E-state index in [1.807, 2.05) is 18.2 Å². The molecule has 1 heterocycles. The molecule has 19 heavy (non-hydrogen) atoms. The number of aliphatic hydroxyl groups excluding tert-OH is 2. The highest BCUT2D eigenvalue weighted by Gasteiger charge is 2.08. The Bertz CT molecular complexity index is 516. The lowest BCUT2D eigenvalue weighted by Crippen LogP contribution is -2.23. The number of hydrogen-bond donors (Lipinski definition) is 3. The Kier molecular flexibility index (Phi) is 4.32. The molecule has 0 aliphatic rings. The third-order valence-electron chi connectivity index (χ3n) is 2.64. The molecule has 0 bridgehead atoms. The number of nitrogens with zero attached hydrogens (tertiary/aromatic N) is 3. The van der Waals surface area contributed by atoms with Gasteiger partial charge < -0.3 is 20.3 Å². The van der Waals surface area contributed by atoms with E-state index in [0.29, 0.717) is 5.75 Å². The van der Waals surface area contributed by atoms with Crippen molar-refractivity contribution >= 4 is 5.69 Å². The predicted molar refractivity (Wildman–Crippen MR) is 69.5 cm³/mol. The summed E-state index contributed by atoms with van der Waals surface area (Å²) < 4.78 is 6.99. The van der Waals surface area contributed by atoms with Crippen molar-refractivity contribution < 1.29 is 14.9 Å². The maximum atomic E-state index is 9.36. The molecular weight excluding hydrogens is 248 g/mol. The first-order valence-electron chi connectivity index (χ1n) is 5.80. The Hall–Kier alpha value is -2.12. The molecule has 7 heteroatoms. The lowest BCUT2D eigenvalue weighted by Gasteiger charge is -2.14. The van der Waals surface area contributed by atoms with E-state index in [1.54, 1.807) is 24.3 Å². The van der Waals surface area contributed by atoms with Crippen LogP contribution in [0.1, 0.15) is 0 Å². The van der Waals surface area contributed by atoms with Crippen LogP contribution in [0, 0.1) is 0 Å². The molecule has 1 aromatic carbocycles. The molecule has 0 radical (unpaired) electrons. The molecule has 1 aromatic heterocycles. The molecule has 1 atom stereocenters. The molecule has 0 saturated carbocycles. The van der Waals surface area contributed by atoms with Crippen LogP contribution in [0.15, 0.2) is 30.9 Å². The van der Waals surface area contributed by atoms with Gasteiger partial charge in [0.25, 0.3) is 0 Å². The SMILES string of the molecule is COc1ccc(-n2cnnc2)cc1NCC(O)CO. The van der Waals surface area contributed by atoms with Crippen molar-refractivity contribution in [3.05, 3.63) is 30.9 Å². The monoisotopic (exact) mass is 264 g/mol. The Morgan fingerprint density at radius 1 is 1.37 bits per heavy atom. The average molecular weight is 264 g/mol. The maximum absolute atomic E-state index is 9.36. The van der Waals surface area contributed by atoms with Gasteiger partial charge in [0.05, 0.1) is 31.2 Å². The van der Waals surface area contributed by atoms with Crippen molar-refractivity contribution in [1.29, 1.82) is 0 Å². The van der Waals surface area contributed by atoms with Crippen LogP contribution < -0.4 is 10.1 Å². The van der Waals surface area contributed by atoms with Crippen molar-refractivity contribution in [2.75, 3.05) is 25.6 Å². The number of ether oxygens (including phenoxy) is 1. The molecular formula is C12H16N4O3. The van der Waals surface area contributed by atoms with Gasteiger partial charge in [0.2, 0.25) is 0 Å². The summed E-state index contributed by atoms with van der Waals surface area (Å²) in [7, 11) is 1.57. The van der Waals surface area contributed by atoms with Gasteiger partial charge in [0.15, 0.2) is 0 Å². The van der Waals surface area contributed by atoms with Gasteiger partial charge >= 0.3 is 0 Å².